The smallest absolute Gasteiger partial charge is 0.305 e. The number of benzene rings is 2. The van der Waals surface area contributed by atoms with Gasteiger partial charge in [0.05, 0.1) is 12.6 Å². The largest absolute Gasteiger partial charge is 0.489 e. The second kappa shape index (κ2) is 9.14. The third kappa shape index (κ3) is 5.65. The number of carbonyl (C=O) groups excluding carboxylic acids is 1. The van der Waals surface area contributed by atoms with Gasteiger partial charge in [-0.15, -0.1) is 5.10 Å². The number of rotatable bonds is 7. The molecule has 0 spiro atoms. The Morgan fingerprint density at radius 2 is 1.93 bits per heavy atom. The molecule has 9 heteroatoms. The van der Waals surface area contributed by atoms with Crippen molar-refractivity contribution in [2.75, 3.05) is 0 Å². The van der Waals surface area contributed by atoms with Crippen molar-refractivity contribution in [2.45, 2.75) is 18.3 Å². The number of nitrogens with zero attached hydrogens (tertiary/aromatic N) is 2. The van der Waals surface area contributed by atoms with E-state index >= 15 is 0 Å². The Bertz CT molecular complexity index is 914. The van der Waals surface area contributed by atoms with Crippen molar-refractivity contribution in [1.29, 1.82) is 0 Å². The van der Waals surface area contributed by atoms with Gasteiger partial charge in [0.2, 0.25) is 5.91 Å². The maximum Gasteiger partial charge on any atom is 0.305 e. The van der Waals surface area contributed by atoms with Crippen LogP contribution in [0.5, 0.6) is 5.75 Å². The number of ether oxygens (including phenoxy) is 1. The minimum atomic E-state index is -1.04. The number of carboxylic acids is 1. The van der Waals surface area contributed by atoms with Gasteiger partial charge in [-0.05, 0) is 47.5 Å². The van der Waals surface area contributed by atoms with Crippen molar-refractivity contribution in [3.63, 3.8) is 0 Å². The Kier molecular flexibility index (Phi) is 6.38. The minimum absolute atomic E-state index is 0.265. The highest BCUT2D eigenvalue weighted by Crippen LogP contribution is 2.22. The number of thioether (sulfide) groups is 1. The third-order valence-electron chi connectivity index (χ3n) is 3.69. The highest BCUT2D eigenvalue weighted by Gasteiger charge is 2.32. The summed E-state index contributed by atoms with van der Waals surface area (Å²) < 4.78 is 18.5. The Balaban J connectivity index is 1.52. The highest BCUT2D eigenvalue weighted by atomic mass is 32.2. The maximum atomic E-state index is 12.9. The molecule has 1 aliphatic heterocycles. The Labute approximate surface area is 164 Å². The molecule has 2 aromatic carbocycles. The van der Waals surface area contributed by atoms with Crippen molar-refractivity contribution in [2.24, 2.45) is 10.2 Å². The predicted octanol–water partition coefficient (Wildman–Crippen LogP) is 2.80. The van der Waals surface area contributed by atoms with Crippen molar-refractivity contribution in [3.8, 4) is 5.75 Å². The van der Waals surface area contributed by atoms with Gasteiger partial charge in [0.25, 0.3) is 0 Å². The van der Waals surface area contributed by atoms with E-state index in [4.69, 9.17) is 9.84 Å². The number of amidine groups is 1. The lowest BCUT2D eigenvalue weighted by Gasteiger charge is -2.06. The molecule has 144 valence electrons. The van der Waals surface area contributed by atoms with Crippen LogP contribution in [0.25, 0.3) is 0 Å². The fourth-order valence-corrected chi connectivity index (χ4v) is 3.21. The first kappa shape index (κ1) is 19.6. The molecule has 0 aliphatic carbocycles. The second-order valence-corrected chi connectivity index (χ2v) is 7.02. The molecule has 7 nitrogen and oxygen atoms in total. The number of aliphatic carboxylic acids is 1. The maximum absolute atomic E-state index is 12.9. The van der Waals surface area contributed by atoms with Crippen LogP contribution >= 0.6 is 11.8 Å². The molecule has 3 rings (SSSR count). The lowest BCUT2D eigenvalue weighted by atomic mass is 10.2. The van der Waals surface area contributed by atoms with Crippen molar-refractivity contribution >= 4 is 35.0 Å². The van der Waals surface area contributed by atoms with Gasteiger partial charge in [-0.2, -0.15) is 5.10 Å². The molecule has 1 aliphatic rings. The Morgan fingerprint density at radius 3 is 2.61 bits per heavy atom. The van der Waals surface area contributed by atoms with E-state index in [1.54, 1.807) is 36.4 Å². The molecule has 2 N–H and O–H groups in total. The van der Waals surface area contributed by atoms with E-state index in [1.807, 2.05) is 0 Å². The summed E-state index contributed by atoms with van der Waals surface area (Å²) in [5.74, 6) is -1.06. The molecule has 1 fully saturated rings. The summed E-state index contributed by atoms with van der Waals surface area (Å²) in [6, 6.07) is 13.2. The number of amides is 1. The van der Waals surface area contributed by atoms with Gasteiger partial charge < -0.3 is 15.2 Å². The van der Waals surface area contributed by atoms with Crippen molar-refractivity contribution in [3.05, 3.63) is 65.5 Å². The van der Waals surface area contributed by atoms with Crippen LogP contribution in [-0.2, 0) is 16.2 Å². The second-order valence-electron chi connectivity index (χ2n) is 5.83. The summed E-state index contributed by atoms with van der Waals surface area (Å²) in [6.45, 7) is 0.329. The summed E-state index contributed by atoms with van der Waals surface area (Å²) in [4.78, 5) is 22.3. The van der Waals surface area contributed by atoms with Gasteiger partial charge in [0.1, 0.15) is 23.4 Å². The monoisotopic (exact) mass is 401 g/mol. The van der Waals surface area contributed by atoms with E-state index in [2.05, 4.69) is 15.5 Å². The van der Waals surface area contributed by atoms with Crippen LogP contribution in [0.2, 0.25) is 0 Å². The normalized spacial score (nSPS) is 17.8. The standard InChI is InChI=1S/C19H16FN3O4S/c20-14-5-1-13(2-6-14)11-27-15-7-3-12(4-8-15)10-21-23-19-22-18(26)16(28-19)9-17(24)25/h1-8,10,16H,9,11H2,(H,24,25)(H,22,23,26). The molecular formula is C19H16FN3O4S. The molecule has 28 heavy (non-hydrogen) atoms. The van der Waals surface area contributed by atoms with Crippen LogP contribution in [-0.4, -0.2) is 33.6 Å². The van der Waals surface area contributed by atoms with E-state index in [0.717, 1.165) is 22.9 Å². The van der Waals surface area contributed by atoms with Gasteiger partial charge in [-0.3, -0.25) is 9.59 Å². The average molecular weight is 401 g/mol. The summed E-state index contributed by atoms with van der Waals surface area (Å²) in [6.07, 6.45) is 1.24. The molecule has 0 bridgehead atoms. The van der Waals surface area contributed by atoms with Gasteiger partial charge in [0, 0.05) is 0 Å². The molecule has 1 heterocycles. The molecule has 1 saturated heterocycles. The first-order valence-electron chi connectivity index (χ1n) is 8.27. The van der Waals surface area contributed by atoms with Crippen LogP contribution in [0, 0.1) is 5.82 Å². The first-order valence-corrected chi connectivity index (χ1v) is 9.15. The van der Waals surface area contributed by atoms with E-state index in [9.17, 15) is 14.0 Å². The van der Waals surface area contributed by atoms with E-state index < -0.39 is 11.2 Å². The summed E-state index contributed by atoms with van der Waals surface area (Å²) >= 11 is 1.04. The van der Waals surface area contributed by atoms with Gasteiger partial charge in [0.15, 0.2) is 5.17 Å². The average Bonchev–Trinajstić information content (AvgIpc) is 3.01. The van der Waals surface area contributed by atoms with E-state index in [0.29, 0.717) is 12.4 Å². The topological polar surface area (TPSA) is 100 Å². The minimum Gasteiger partial charge on any atom is -0.489 e. The molecule has 1 unspecified atom stereocenters. The van der Waals surface area contributed by atoms with Gasteiger partial charge in [-0.1, -0.05) is 23.9 Å². The lowest BCUT2D eigenvalue weighted by Crippen LogP contribution is -2.26. The fraction of sp³-hybridized carbons (Fsp3) is 0.158. The molecule has 0 aromatic heterocycles. The zero-order chi connectivity index (χ0) is 19.9. The first-order chi connectivity index (χ1) is 13.5. The zero-order valence-electron chi connectivity index (χ0n) is 14.5. The van der Waals surface area contributed by atoms with Crippen LogP contribution in [0.15, 0.2) is 58.7 Å². The zero-order valence-corrected chi connectivity index (χ0v) is 15.4. The molecule has 2 aromatic rings. The third-order valence-corrected chi connectivity index (χ3v) is 4.76. The Morgan fingerprint density at radius 1 is 1.21 bits per heavy atom. The van der Waals surface area contributed by atoms with Crippen LogP contribution in [0.4, 0.5) is 4.39 Å². The molecule has 1 atom stereocenters. The number of hydrogen-bond donors (Lipinski definition) is 2. The highest BCUT2D eigenvalue weighted by molar-refractivity contribution is 8.15. The lowest BCUT2D eigenvalue weighted by molar-refractivity contribution is -0.138. The number of halogens is 1. The predicted molar refractivity (Wildman–Crippen MR) is 104 cm³/mol. The number of carbonyl (C=O) groups is 2. The number of hydrogen-bond acceptors (Lipinski definition) is 6. The van der Waals surface area contributed by atoms with Crippen LogP contribution in [0.1, 0.15) is 17.5 Å². The molecular weight excluding hydrogens is 385 g/mol. The molecule has 0 saturated carbocycles. The Hall–Kier alpha value is -3.20. The summed E-state index contributed by atoms with van der Waals surface area (Å²) in [5, 5.41) is 18.6. The quantitative estimate of drug-likeness (QED) is 0.549. The van der Waals surface area contributed by atoms with Crippen LogP contribution in [0.3, 0.4) is 0 Å². The van der Waals surface area contributed by atoms with E-state index in [-0.39, 0.29) is 23.3 Å². The van der Waals surface area contributed by atoms with Crippen molar-refractivity contribution < 1.29 is 23.8 Å². The summed E-state index contributed by atoms with van der Waals surface area (Å²) in [5.41, 5.74) is 1.63. The molecule has 0 radical (unpaired) electrons. The van der Waals surface area contributed by atoms with Gasteiger partial charge >= 0.3 is 5.97 Å². The van der Waals surface area contributed by atoms with E-state index in [1.165, 1.54) is 18.3 Å². The molecule has 1 amide bonds. The van der Waals surface area contributed by atoms with Crippen molar-refractivity contribution in [1.82, 2.24) is 5.32 Å². The fourth-order valence-electron chi connectivity index (χ4n) is 2.29. The summed E-state index contributed by atoms with van der Waals surface area (Å²) in [7, 11) is 0. The SMILES string of the molecule is O=C(O)CC1SC(=NN=Cc2ccc(OCc3ccc(F)cc3)cc2)NC1=O. The number of nitrogens with one attached hydrogen (secondary N) is 1. The van der Waals surface area contributed by atoms with Gasteiger partial charge in [-0.25, -0.2) is 4.39 Å². The number of carboxylic acid groups (broad SMARTS) is 1. The van der Waals surface area contributed by atoms with Crippen LogP contribution < -0.4 is 10.1 Å².